The fraction of sp³-hybridized carbons (Fsp3) is 0.429. The fourth-order valence-electron chi connectivity index (χ4n) is 3.31. The summed E-state index contributed by atoms with van der Waals surface area (Å²) in [6.07, 6.45) is -4.99. The Morgan fingerprint density at radius 2 is 1.83 bits per heavy atom. The Kier molecular flexibility index (Phi) is 6.30. The van der Waals surface area contributed by atoms with Crippen molar-refractivity contribution in [3.05, 3.63) is 53.6 Å². The van der Waals surface area contributed by atoms with Gasteiger partial charge in [0.15, 0.2) is 0 Å². The van der Waals surface area contributed by atoms with Crippen LogP contribution in [-0.4, -0.2) is 64.3 Å². The van der Waals surface area contributed by atoms with E-state index in [-0.39, 0.29) is 0 Å². The Labute approximate surface area is 169 Å². The van der Waals surface area contributed by atoms with Crippen molar-refractivity contribution in [3.8, 4) is 11.5 Å². The molecular weight excluding hydrogens is 378 g/mol. The Morgan fingerprint density at radius 1 is 1.14 bits per heavy atom. The molecule has 158 valence electrons. The molecule has 0 bridgehead atoms. The molecule has 1 aliphatic rings. The summed E-state index contributed by atoms with van der Waals surface area (Å²) >= 11 is 0. The highest BCUT2D eigenvalue weighted by Gasteiger charge is 2.52. The zero-order valence-electron chi connectivity index (χ0n) is 16.4. The maximum Gasteiger partial charge on any atom is 0.229 e. The van der Waals surface area contributed by atoms with Gasteiger partial charge in [-0.2, -0.15) is 0 Å². The Balaban J connectivity index is 1.83. The largest absolute Gasteiger partial charge is 0.497 e. The molecule has 6 N–H and O–H groups in total. The van der Waals surface area contributed by atoms with Gasteiger partial charge in [0.25, 0.3) is 0 Å². The predicted octanol–water partition coefficient (Wildman–Crippen LogP) is 0.437. The molecule has 0 aromatic heterocycles. The molecule has 1 saturated heterocycles. The Bertz CT molecular complexity index is 820. The van der Waals surface area contributed by atoms with Crippen LogP contribution in [0.5, 0.6) is 11.5 Å². The van der Waals surface area contributed by atoms with Gasteiger partial charge in [-0.25, -0.2) is 0 Å². The number of nitrogens with two attached hydrogens (primary N) is 1. The van der Waals surface area contributed by atoms with Gasteiger partial charge in [0.2, 0.25) is 6.29 Å². The average molecular weight is 405 g/mol. The second-order valence-electron chi connectivity index (χ2n) is 7.35. The zero-order valence-corrected chi connectivity index (χ0v) is 16.4. The van der Waals surface area contributed by atoms with Crippen LogP contribution >= 0.6 is 0 Å². The number of hydrogen-bond acceptors (Lipinski definition) is 8. The van der Waals surface area contributed by atoms with E-state index in [9.17, 15) is 20.4 Å². The molecule has 3 rings (SSSR count). The first-order chi connectivity index (χ1) is 13.8. The molecule has 1 aliphatic heterocycles. The summed E-state index contributed by atoms with van der Waals surface area (Å²) in [6, 6.07) is 12.7. The number of nitrogen functional groups attached to an aromatic ring is 1. The summed E-state index contributed by atoms with van der Waals surface area (Å²) in [4.78, 5) is 0. The number of anilines is 1. The first-order valence-corrected chi connectivity index (χ1v) is 9.29. The summed E-state index contributed by atoms with van der Waals surface area (Å²) in [6.45, 7) is 0.736. The minimum absolute atomic E-state index is 0.371. The normalized spacial score (nSPS) is 29.4. The van der Waals surface area contributed by atoms with E-state index >= 15 is 0 Å². The van der Waals surface area contributed by atoms with E-state index in [4.69, 9.17) is 19.9 Å². The third-order valence-electron chi connectivity index (χ3n) is 5.21. The third kappa shape index (κ3) is 4.47. The SMILES string of the molecule is COc1ccc(Cc2ccc(N)cc2O[C@H]2O[C@H](CO)[C@@](C)(O)[C@H](O)[C@H]2O)cc1. The van der Waals surface area contributed by atoms with Crippen molar-refractivity contribution in [2.24, 2.45) is 0 Å². The lowest BCUT2D eigenvalue weighted by atomic mass is 9.86. The summed E-state index contributed by atoms with van der Waals surface area (Å²) in [5, 5.41) is 40.4. The minimum atomic E-state index is -1.82. The van der Waals surface area contributed by atoms with Crippen molar-refractivity contribution in [1.82, 2.24) is 0 Å². The molecule has 5 atom stereocenters. The highest BCUT2D eigenvalue weighted by atomic mass is 16.7. The smallest absolute Gasteiger partial charge is 0.229 e. The van der Waals surface area contributed by atoms with Crippen LogP contribution in [0.2, 0.25) is 0 Å². The predicted molar refractivity (Wildman–Crippen MR) is 106 cm³/mol. The molecular formula is C21H27NO7. The number of aliphatic hydroxyl groups is 4. The van der Waals surface area contributed by atoms with Crippen LogP contribution in [0.3, 0.4) is 0 Å². The molecule has 8 nitrogen and oxygen atoms in total. The van der Waals surface area contributed by atoms with Crippen LogP contribution in [0.4, 0.5) is 5.69 Å². The maximum absolute atomic E-state index is 10.4. The van der Waals surface area contributed by atoms with Crippen molar-refractivity contribution in [1.29, 1.82) is 0 Å². The number of rotatable bonds is 6. The van der Waals surface area contributed by atoms with Gasteiger partial charge in [-0.3, -0.25) is 0 Å². The van der Waals surface area contributed by atoms with Crippen LogP contribution in [0.15, 0.2) is 42.5 Å². The van der Waals surface area contributed by atoms with Gasteiger partial charge in [-0.1, -0.05) is 18.2 Å². The summed E-state index contributed by atoms with van der Waals surface area (Å²) in [5.74, 6) is 1.12. The standard InChI is InChI=1S/C21H27NO7/c1-21(26)17(11-23)29-20(18(24)19(21)25)28-16-10-14(22)6-5-13(16)9-12-3-7-15(27-2)8-4-12/h3-8,10,17-20,23-26H,9,11,22H2,1-2H3/t17-,18-,19-,20+,21-/m1/s1. The third-order valence-corrected chi connectivity index (χ3v) is 5.21. The topological polar surface area (TPSA) is 135 Å². The molecule has 2 aromatic rings. The van der Waals surface area contributed by atoms with Crippen molar-refractivity contribution in [2.75, 3.05) is 19.5 Å². The zero-order chi connectivity index (χ0) is 21.2. The number of methoxy groups -OCH3 is 1. The summed E-state index contributed by atoms with van der Waals surface area (Å²) < 4.78 is 16.5. The molecule has 0 saturated carbocycles. The highest BCUT2D eigenvalue weighted by molar-refractivity contribution is 5.50. The van der Waals surface area contributed by atoms with Gasteiger partial charge < -0.3 is 40.4 Å². The summed E-state index contributed by atoms with van der Waals surface area (Å²) in [5.41, 5.74) is 6.31. The van der Waals surface area contributed by atoms with Crippen molar-refractivity contribution in [2.45, 2.75) is 43.5 Å². The van der Waals surface area contributed by atoms with E-state index in [1.54, 1.807) is 25.3 Å². The maximum atomic E-state index is 10.4. The quantitative estimate of drug-likeness (QED) is 0.437. The molecule has 8 heteroatoms. The van der Waals surface area contributed by atoms with Crippen LogP contribution in [0.1, 0.15) is 18.1 Å². The lowest BCUT2D eigenvalue weighted by Gasteiger charge is -2.45. The van der Waals surface area contributed by atoms with E-state index in [0.29, 0.717) is 17.9 Å². The molecule has 0 radical (unpaired) electrons. The van der Waals surface area contributed by atoms with E-state index in [1.807, 2.05) is 24.3 Å². The second kappa shape index (κ2) is 8.56. The lowest BCUT2D eigenvalue weighted by Crippen LogP contribution is -2.66. The van der Waals surface area contributed by atoms with E-state index in [0.717, 1.165) is 16.9 Å². The van der Waals surface area contributed by atoms with E-state index < -0.39 is 36.8 Å². The number of hydrogen-bond donors (Lipinski definition) is 5. The van der Waals surface area contributed by atoms with Gasteiger partial charge in [-0.15, -0.1) is 0 Å². The second-order valence-corrected chi connectivity index (χ2v) is 7.35. The Hall–Kier alpha value is -2.36. The molecule has 0 spiro atoms. The molecule has 0 unspecified atom stereocenters. The summed E-state index contributed by atoms with van der Waals surface area (Å²) in [7, 11) is 1.60. The van der Waals surface area contributed by atoms with Gasteiger partial charge >= 0.3 is 0 Å². The van der Waals surface area contributed by atoms with Crippen LogP contribution in [-0.2, 0) is 11.2 Å². The number of benzene rings is 2. The highest BCUT2D eigenvalue weighted by Crippen LogP contribution is 2.33. The first-order valence-electron chi connectivity index (χ1n) is 9.29. The van der Waals surface area contributed by atoms with Crippen LogP contribution in [0.25, 0.3) is 0 Å². The van der Waals surface area contributed by atoms with Crippen molar-refractivity contribution >= 4 is 5.69 Å². The molecule has 2 aromatic carbocycles. The monoisotopic (exact) mass is 405 g/mol. The molecule has 1 fully saturated rings. The van der Waals surface area contributed by atoms with E-state index in [1.165, 1.54) is 6.92 Å². The molecule has 0 amide bonds. The van der Waals surface area contributed by atoms with Crippen molar-refractivity contribution in [3.63, 3.8) is 0 Å². The van der Waals surface area contributed by atoms with E-state index in [2.05, 4.69) is 0 Å². The Morgan fingerprint density at radius 3 is 2.45 bits per heavy atom. The molecule has 29 heavy (non-hydrogen) atoms. The average Bonchev–Trinajstić information content (AvgIpc) is 2.71. The van der Waals surface area contributed by atoms with Gasteiger partial charge in [0, 0.05) is 18.2 Å². The molecule has 1 heterocycles. The number of aliphatic hydroxyl groups excluding tert-OH is 3. The number of ether oxygens (including phenoxy) is 3. The van der Waals surface area contributed by atoms with Gasteiger partial charge in [-0.05, 0) is 36.2 Å². The minimum Gasteiger partial charge on any atom is -0.497 e. The van der Waals surface area contributed by atoms with Crippen LogP contribution < -0.4 is 15.2 Å². The van der Waals surface area contributed by atoms with Crippen LogP contribution in [0, 0.1) is 0 Å². The first kappa shape index (κ1) is 21.4. The molecule has 0 aliphatic carbocycles. The van der Waals surface area contributed by atoms with Gasteiger partial charge in [0.05, 0.1) is 13.7 Å². The fourth-order valence-corrected chi connectivity index (χ4v) is 3.31. The van der Waals surface area contributed by atoms with Crippen molar-refractivity contribution < 1.29 is 34.6 Å². The lowest BCUT2D eigenvalue weighted by molar-refractivity contribution is -0.308. The van der Waals surface area contributed by atoms with Gasteiger partial charge in [0.1, 0.15) is 35.4 Å².